The van der Waals surface area contributed by atoms with Crippen LogP contribution >= 0.6 is 0 Å². The third-order valence-corrected chi connectivity index (χ3v) is 3.55. The van der Waals surface area contributed by atoms with E-state index in [4.69, 9.17) is 9.47 Å². The molecule has 27 heavy (non-hydrogen) atoms. The van der Waals surface area contributed by atoms with Crippen LogP contribution in [0, 0.1) is 10.1 Å². The molecule has 0 aliphatic heterocycles. The van der Waals surface area contributed by atoms with Crippen molar-refractivity contribution in [3.63, 3.8) is 0 Å². The van der Waals surface area contributed by atoms with Crippen LogP contribution in [-0.4, -0.2) is 33.7 Å². The van der Waals surface area contributed by atoms with Gasteiger partial charge in [0.25, 0.3) is 0 Å². The molecule has 0 saturated heterocycles. The first kappa shape index (κ1) is 22.4. The average molecular weight is 380 g/mol. The molecule has 0 saturated carbocycles. The number of esters is 1. The summed E-state index contributed by atoms with van der Waals surface area (Å²) in [5.74, 6) is -1.05. The third-order valence-electron chi connectivity index (χ3n) is 3.55. The Morgan fingerprint density at radius 2 is 1.44 bits per heavy atom. The number of benzene rings is 1. The zero-order valence-corrected chi connectivity index (χ0v) is 16.9. The molecule has 8 heteroatoms. The van der Waals surface area contributed by atoms with E-state index >= 15 is 0 Å². The minimum absolute atomic E-state index is 0.383. The predicted molar refractivity (Wildman–Crippen MR) is 99.8 cm³/mol. The smallest absolute Gasteiger partial charge is 0.408 e. The summed E-state index contributed by atoms with van der Waals surface area (Å²) in [6.07, 6.45) is -0.868. The Labute approximate surface area is 159 Å². The topological polar surface area (TPSA) is 108 Å². The molecule has 1 N–H and O–H groups in total. The van der Waals surface area contributed by atoms with Crippen LogP contribution in [-0.2, 0) is 14.3 Å². The largest absolute Gasteiger partial charge is 0.455 e. The van der Waals surface area contributed by atoms with E-state index in [2.05, 4.69) is 5.32 Å². The van der Waals surface area contributed by atoms with Crippen molar-refractivity contribution in [3.8, 4) is 0 Å². The average Bonchev–Trinajstić information content (AvgIpc) is 2.49. The monoisotopic (exact) mass is 380 g/mol. The number of nitro groups is 1. The normalized spacial score (nSPS) is 15.2. The molecule has 0 bridgehead atoms. The highest BCUT2D eigenvalue weighted by Crippen LogP contribution is 2.32. The van der Waals surface area contributed by atoms with Crippen molar-refractivity contribution in [3.05, 3.63) is 46.0 Å². The van der Waals surface area contributed by atoms with E-state index in [1.807, 2.05) is 0 Å². The van der Waals surface area contributed by atoms with Gasteiger partial charge in [-0.15, -0.1) is 0 Å². The SMILES string of the molecule is CC(C)(C)OC(=O)NC(c1ccccc1)[C@](C)(C(=O)OC(C)(C)C)[N+](=O)[O-]. The van der Waals surface area contributed by atoms with Gasteiger partial charge in [-0.05, 0) is 47.1 Å². The maximum atomic E-state index is 12.7. The van der Waals surface area contributed by atoms with Gasteiger partial charge < -0.3 is 14.8 Å². The lowest BCUT2D eigenvalue weighted by atomic mass is 9.87. The van der Waals surface area contributed by atoms with Gasteiger partial charge >= 0.3 is 17.6 Å². The van der Waals surface area contributed by atoms with E-state index in [1.165, 1.54) is 0 Å². The lowest BCUT2D eigenvalue weighted by Crippen LogP contribution is -2.57. The van der Waals surface area contributed by atoms with E-state index in [1.54, 1.807) is 71.9 Å². The standard InChI is InChI=1S/C19H28N2O6/c1-17(2,3)26-15(22)19(7,21(24)25)14(13-11-9-8-10-12-13)20-16(23)27-18(4,5)6/h8-12,14H,1-7H3,(H,20,23)/t14?,19-/m1/s1. The van der Waals surface area contributed by atoms with Gasteiger partial charge in [-0.3, -0.25) is 10.1 Å². The lowest BCUT2D eigenvalue weighted by molar-refractivity contribution is -0.557. The van der Waals surface area contributed by atoms with Crippen molar-refractivity contribution < 1.29 is 24.0 Å². The Balaban J connectivity index is 3.38. The first-order valence-electron chi connectivity index (χ1n) is 8.59. The number of ether oxygens (including phenoxy) is 2. The molecule has 1 unspecified atom stereocenters. The molecule has 0 aliphatic rings. The van der Waals surface area contributed by atoms with Crippen LogP contribution < -0.4 is 5.32 Å². The molecule has 1 amide bonds. The van der Waals surface area contributed by atoms with E-state index in [0.717, 1.165) is 6.92 Å². The minimum atomic E-state index is -2.26. The van der Waals surface area contributed by atoms with E-state index < -0.39 is 39.8 Å². The Bertz CT molecular complexity index is 690. The van der Waals surface area contributed by atoms with E-state index in [-0.39, 0.29) is 0 Å². The number of carbonyl (C=O) groups is 2. The zero-order valence-electron chi connectivity index (χ0n) is 16.9. The van der Waals surface area contributed by atoms with Crippen LogP contribution in [0.4, 0.5) is 4.79 Å². The molecule has 0 aromatic heterocycles. The molecular formula is C19H28N2O6. The second kappa shape index (κ2) is 7.94. The van der Waals surface area contributed by atoms with Gasteiger partial charge in [0.15, 0.2) is 0 Å². The number of hydrogen-bond donors (Lipinski definition) is 1. The van der Waals surface area contributed by atoms with Crippen LogP contribution in [0.15, 0.2) is 30.3 Å². The maximum Gasteiger partial charge on any atom is 0.408 e. The van der Waals surface area contributed by atoms with Crippen molar-refractivity contribution in [2.75, 3.05) is 0 Å². The minimum Gasteiger partial charge on any atom is -0.455 e. The van der Waals surface area contributed by atoms with Crippen LogP contribution in [0.25, 0.3) is 0 Å². The molecular weight excluding hydrogens is 352 g/mol. The number of carbonyl (C=O) groups excluding carboxylic acids is 2. The molecule has 8 nitrogen and oxygen atoms in total. The number of alkyl carbamates (subject to hydrolysis) is 1. The van der Waals surface area contributed by atoms with Crippen molar-refractivity contribution in [1.82, 2.24) is 5.32 Å². The van der Waals surface area contributed by atoms with Crippen LogP contribution in [0.1, 0.15) is 60.1 Å². The molecule has 0 aliphatic carbocycles. The first-order chi connectivity index (χ1) is 12.2. The summed E-state index contributed by atoms with van der Waals surface area (Å²) in [5, 5.41) is 14.4. The van der Waals surface area contributed by atoms with Crippen molar-refractivity contribution >= 4 is 12.1 Å². The maximum absolute atomic E-state index is 12.7. The summed E-state index contributed by atoms with van der Waals surface area (Å²) < 4.78 is 10.5. The van der Waals surface area contributed by atoms with E-state index in [9.17, 15) is 19.7 Å². The van der Waals surface area contributed by atoms with Gasteiger partial charge in [-0.25, -0.2) is 9.59 Å². The van der Waals surface area contributed by atoms with Gasteiger partial charge in [0.05, 0.1) is 0 Å². The van der Waals surface area contributed by atoms with Crippen molar-refractivity contribution in [2.24, 2.45) is 0 Å². The summed E-state index contributed by atoms with van der Waals surface area (Å²) in [4.78, 5) is 36.3. The molecule has 0 radical (unpaired) electrons. The fraction of sp³-hybridized carbons (Fsp3) is 0.579. The quantitative estimate of drug-likeness (QED) is 0.475. The molecule has 1 aromatic carbocycles. The van der Waals surface area contributed by atoms with Gasteiger partial charge in [0.1, 0.15) is 17.2 Å². The fourth-order valence-corrected chi connectivity index (χ4v) is 2.30. The molecule has 0 spiro atoms. The number of hydrogen-bond acceptors (Lipinski definition) is 6. The van der Waals surface area contributed by atoms with Crippen molar-refractivity contribution in [2.45, 2.75) is 71.2 Å². The Hall–Kier alpha value is -2.64. The molecule has 1 rings (SSSR count). The Morgan fingerprint density at radius 3 is 1.85 bits per heavy atom. The lowest BCUT2D eigenvalue weighted by Gasteiger charge is -2.32. The van der Waals surface area contributed by atoms with Gasteiger partial charge in [0.2, 0.25) is 0 Å². The first-order valence-corrected chi connectivity index (χ1v) is 8.59. The summed E-state index contributed by atoms with van der Waals surface area (Å²) in [5.41, 5.74) is -3.61. The Kier molecular flexibility index (Phi) is 6.59. The highest BCUT2D eigenvalue weighted by atomic mass is 16.6. The van der Waals surface area contributed by atoms with Crippen LogP contribution in [0.2, 0.25) is 0 Å². The second-order valence-electron chi connectivity index (χ2n) is 8.40. The number of nitrogens with one attached hydrogen (secondary N) is 1. The van der Waals surface area contributed by atoms with Gasteiger partial charge in [0, 0.05) is 11.8 Å². The number of nitrogens with zero attached hydrogens (tertiary/aromatic N) is 1. The molecule has 0 fully saturated rings. The van der Waals surface area contributed by atoms with Crippen LogP contribution in [0.3, 0.4) is 0 Å². The summed E-state index contributed by atoms with van der Waals surface area (Å²) in [6, 6.07) is 6.94. The zero-order chi connectivity index (χ0) is 21.0. The Morgan fingerprint density at radius 1 is 0.963 bits per heavy atom. The molecule has 0 heterocycles. The number of rotatable bonds is 5. The van der Waals surface area contributed by atoms with Crippen molar-refractivity contribution in [1.29, 1.82) is 0 Å². The van der Waals surface area contributed by atoms with E-state index in [0.29, 0.717) is 5.56 Å². The second-order valence-corrected chi connectivity index (χ2v) is 8.40. The van der Waals surface area contributed by atoms with Gasteiger partial charge in [-0.1, -0.05) is 30.3 Å². The van der Waals surface area contributed by atoms with Gasteiger partial charge in [-0.2, -0.15) is 0 Å². The third kappa shape index (κ3) is 6.23. The fourth-order valence-electron chi connectivity index (χ4n) is 2.30. The highest BCUT2D eigenvalue weighted by Gasteiger charge is 2.57. The summed E-state index contributed by atoms with van der Waals surface area (Å²) >= 11 is 0. The summed E-state index contributed by atoms with van der Waals surface area (Å²) in [6.45, 7) is 11.0. The highest BCUT2D eigenvalue weighted by molar-refractivity contribution is 5.82. The summed E-state index contributed by atoms with van der Waals surface area (Å²) in [7, 11) is 0. The number of amides is 1. The molecule has 150 valence electrons. The molecule has 2 atom stereocenters. The molecule has 1 aromatic rings. The van der Waals surface area contributed by atoms with Crippen LogP contribution in [0.5, 0.6) is 0 Å². The predicted octanol–water partition coefficient (Wildman–Crippen LogP) is 3.63.